The summed E-state index contributed by atoms with van der Waals surface area (Å²) < 4.78 is 0. The van der Waals surface area contributed by atoms with E-state index in [1.807, 2.05) is 0 Å². The van der Waals surface area contributed by atoms with Gasteiger partial charge in [-0.2, -0.15) is 0 Å². The van der Waals surface area contributed by atoms with Gasteiger partial charge in [0.2, 0.25) is 5.60 Å². The molecular weight excluding hydrogens is 168 g/mol. The number of benzene rings is 1. The van der Waals surface area contributed by atoms with Crippen molar-refractivity contribution in [3.63, 3.8) is 0 Å². The number of carboxylic acids is 1. The Morgan fingerprint density at radius 2 is 1.62 bits per heavy atom. The van der Waals surface area contributed by atoms with Crippen LogP contribution in [0.4, 0.5) is 0 Å². The van der Waals surface area contributed by atoms with E-state index in [1.54, 1.807) is 24.3 Å². The summed E-state index contributed by atoms with van der Waals surface area (Å²) in [5, 5.41) is 19.8. The standard InChI is InChI=1S/C10H8O3/c11-9(12)10(13)5-7-3-1-2-4-8(7)6-10/h1-6,13H,(H,11,12). The van der Waals surface area contributed by atoms with Gasteiger partial charge in [-0.1, -0.05) is 24.3 Å². The van der Waals surface area contributed by atoms with E-state index in [2.05, 4.69) is 0 Å². The van der Waals surface area contributed by atoms with Gasteiger partial charge < -0.3 is 10.2 Å². The average Bonchev–Trinajstić information content (AvgIpc) is 2.42. The summed E-state index contributed by atoms with van der Waals surface area (Å²) in [6.07, 6.45) is 2.68. The Labute approximate surface area is 74.3 Å². The molecule has 0 bridgehead atoms. The van der Waals surface area contributed by atoms with Crippen LogP contribution in [0.5, 0.6) is 0 Å². The van der Waals surface area contributed by atoms with E-state index in [-0.39, 0.29) is 0 Å². The number of carboxylic acid groups (broad SMARTS) is 1. The van der Waals surface area contributed by atoms with E-state index in [9.17, 15) is 9.90 Å². The fraction of sp³-hybridized carbons (Fsp3) is 0.100. The molecule has 0 spiro atoms. The minimum absolute atomic E-state index is 0.757. The van der Waals surface area contributed by atoms with Gasteiger partial charge in [0.05, 0.1) is 0 Å². The van der Waals surface area contributed by atoms with Gasteiger partial charge in [-0.25, -0.2) is 4.79 Å². The molecule has 13 heavy (non-hydrogen) atoms. The van der Waals surface area contributed by atoms with Crippen molar-refractivity contribution in [2.45, 2.75) is 5.60 Å². The predicted octanol–water partition coefficient (Wildman–Crippen LogP) is -0.923. The van der Waals surface area contributed by atoms with E-state index >= 15 is 0 Å². The van der Waals surface area contributed by atoms with Crippen LogP contribution in [0, 0.1) is 0 Å². The normalized spacial score (nSPS) is 17.0. The molecule has 0 heterocycles. The maximum atomic E-state index is 10.7. The Morgan fingerprint density at radius 1 is 1.15 bits per heavy atom. The first-order valence-corrected chi connectivity index (χ1v) is 3.88. The lowest BCUT2D eigenvalue weighted by molar-refractivity contribution is -0.147. The molecule has 0 radical (unpaired) electrons. The Morgan fingerprint density at radius 3 is 2.00 bits per heavy atom. The van der Waals surface area contributed by atoms with Crippen molar-refractivity contribution in [2.75, 3.05) is 0 Å². The van der Waals surface area contributed by atoms with Gasteiger partial charge in [-0.15, -0.1) is 0 Å². The molecule has 3 nitrogen and oxygen atoms in total. The van der Waals surface area contributed by atoms with Gasteiger partial charge in [0.15, 0.2) is 0 Å². The van der Waals surface area contributed by atoms with E-state index < -0.39 is 11.6 Å². The van der Waals surface area contributed by atoms with Crippen LogP contribution in [0.25, 0.3) is 12.2 Å². The fourth-order valence-electron chi connectivity index (χ4n) is 1.41. The van der Waals surface area contributed by atoms with Crippen molar-refractivity contribution >= 4 is 18.1 Å². The van der Waals surface area contributed by atoms with Crippen LogP contribution < -0.4 is 10.4 Å². The number of carbonyl (C=O) groups is 1. The van der Waals surface area contributed by atoms with Crippen LogP contribution in [-0.2, 0) is 4.79 Å². The summed E-state index contributed by atoms with van der Waals surface area (Å²) in [7, 11) is 0. The Hall–Kier alpha value is -1.61. The summed E-state index contributed by atoms with van der Waals surface area (Å²) in [5.74, 6) is -1.25. The van der Waals surface area contributed by atoms with Crippen LogP contribution in [0.3, 0.4) is 0 Å². The number of hydrogen-bond donors (Lipinski definition) is 2. The van der Waals surface area contributed by atoms with Crippen LogP contribution in [0.15, 0.2) is 24.3 Å². The molecule has 2 N–H and O–H groups in total. The minimum atomic E-state index is -1.83. The molecule has 1 aliphatic carbocycles. The minimum Gasteiger partial charge on any atom is -0.479 e. The van der Waals surface area contributed by atoms with Crippen molar-refractivity contribution in [3.05, 3.63) is 34.7 Å². The molecular formula is C10H8O3. The second kappa shape index (κ2) is 2.44. The van der Waals surface area contributed by atoms with Gasteiger partial charge in [-0.05, 0) is 22.6 Å². The summed E-state index contributed by atoms with van der Waals surface area (Å²) in [5.41, 5.74) is -1.83. The van der Waals surface area contributed by atoms with Crippen molar-refractivity contribution in [3.8, 4) is 0 Å². The van der Waals surface area contributed by atoms with Crippen molar-refractivity contribution in [1.29, 1.82) is 0 Å². The monoisotopic (exact) mass is 176 g/mol. The molecule has 1 aliphatic rings. The summed E-state index contributed by atoms with van der Waals surface area (Å²) >= 11 is 0. The summed E-state index contributed by atoms with van der Waals surface area (Å²) in [6, 6.07) is 7.15. The van der Waals surface area contributed by atoms with E-state index in [4.69, 9.17) is 5.11 Å². The van der Waals surface area contributed by atoms with Crippen LogP contribution in [0.1, 0.15) is 0 Å². The van der Waals surface area contributed by atoms with Gasteiger partial charge in [0.1, 0.15) is 0 Å². The van der Waals surface area contributed by atoms with Crippen LogP contribution >= 0.6 is 0 Å². The molecule has 0 atom stereocenters. The maximum Gasteiger partial charge on any atom is 0.344 e. The lowest BCUT2D eigenvalue weighted by atomic mass is 10.1. The lowest BCUT2D eigenvalue weighted by Crippen LogP contribution is -2.32. The first-order valence-electron chi connectivity index (χ1n) is 3.88. The number of fused-ring (bicyclic) bond motifs is 1. The van der Waals surface area contributed by atoms with E-state index in [1.165, 1.54) is 12.2 Å². The zero-order valence-electron chi connectivity index (χ0n) is 6.77. The maximum absolute atomic E-state index is 10.7. The molecule has 0 amide bonds. The quantitative estimate of drug-likeness (QED) is 0.581. The van der Waals surface area contributed by atoms with E-state index in [0.717, 1.165) is 10.4 Å². The summed E-state index contributed by atoms with van der Waals surface area (Å²) in [4.78, 5) is 10.7. The van der Waals surface area contributed by atoms with Crippen LogP contribution in [0.2, 0.25) is 0 Å². The highest BCUT2D eigenvalue weighted by Crippen LogP contribution is 2.11. The van der Waals surface area contributed by atoms with Gasteiger partial charge in [0.25, 0.3) is 0 Å². The topological polar surface area (TPSA) is 57.5 Å². The van der Waals surface area contributed by atoms with Gasteiger partial charge >= 0.3 is 5.97 Å². The third kappa shape index (κ3) is 1.13. The highest BCUT2D eigenvalue weighted by atomic mass is 16.4. The first-order chi connectivity index (χ1) is 6.12. The highest BCUT2D eigenvalue weighted by Gasteiger charge is 2.32. The molecule has 66 valence electrons. The smallest absolute Gasteiger partial charge is 0.344 e. The third-order valence-electron chi connectivity index (χ3n) is 2.09. The molecule has 0 saturated heterocycles. The molecule has 1 aromatic rings. The van der Waals surface area contributed by atoms with Gasteiger partial charge in [0, 0.05) is 0 Å². The zero-order chi connectivity index (χ0) is 9.47. The molecule has 3 heteroatoms. The Bertz CT molecular complexity index is 438. The second-order valence-electron chi connectivity index (χ2n) is 3.05. The van der Waals surface area contributed by atoms with Crippen molar-refractivity contribution in [2.24, 2.45) is 0 Å². The predicted molar refractivity (Wildman–Crippen MR) is 47.2 cm³/mol. The molecule has 0 unspecified atom stereocenters. The largest absolute Gasteiger partial charge is 0.479 e. The fourth-order valence-corrected chi connectivity index (χ4v) is 1.41. The number of aliphatic hydroxyl groups is 1. The average molecular weight is 176 g/mol. The molecule has 0 saturated carbocycles. The molecule has 0 aromatic heterocycles. The van der Waals surface area contributed by atoms with Crippen molar-refractivity contribution in [1.82, 2.24) is 0 Å². The molecule has 0 aliphatic heterocycles. The second-order valence-corrected chi connectivity index (χ2v) is 3.05. The number of aliphatic carboxylic acids is 1. The van der Waals surface area contributed by atoms with E-state index in [0.29, 0.717) is 0 Å². The van der Waals surface area contributed by atoms with Crippen molar-refractivity contribution < 1.29 is 15.0 Å². The van der Waals surface area contributed by atoms with Gasteiger partial charge in [-0.3, -0.25) is 0 Å². The lowest BCUT2D eigenvalue weighted by Gasteiger charge is -2.09. The molecule has 2 rings (SSSR count). The highest BCUT2D eigenvalue weighted by molar-refractivity contribution is 5.95. The number of rotatable bonds is 1. The molecule has 0 fully saturated rings. The summed E-state index contributed by atoms with van der Waals surface area (Å²) in [6.45, 7) is 0. The number of hydrogen-bond acceptors (Lipinski definition) is 2. The Kier molecular flexibility index (Phi) is 1.50. The SMILES string of the molecule is O=C(O)C1(O)C=c2ccccc2=C1. The molecule has 1 aromatic carbocycles. The Balaban J connectivity index is 2.70. The first kappa shape index (κ1) is 8.01. The third-order valence-corrected chi connectivity index (χ3v) is 2.09. The van der Waals surface area contributed by atoms with Crippen LogP contribution in [-0.4, -0.2) is 21.8 Å². The zero-order valence-corrected chi connectivity index (χ0v) is 6.77.